The van der Waals surface area contributed by atoms with Crippen LogP contribution in [0.3, 0.4) is 0 Å². The summed E-state index contributed by atoms with van der Waals surface area (Å²) in [6, 6.07) is 4.10. The Morgan fingerprint density at radius 2 is 2.35 bits per heavy atom. The van der Waals surface area contributed by atoms with Crippen molar-refractivity contribution in [2.45, 2.75) is 32.9 Å². The van der Waals surface area contributed by atoms with E-state index in [9.17, 15) is 5.26 Å². The average Bonchev–Trinajstić information content (AvgIpc) is 3.21. The smallest absolute Gasteiger partial charge is 0.138 e. The predicted octanol–water partition coefficient (Wildman–Crippen LogP) is 2.67. The van der Waals surface area contributed by atoms with Crippen LogP contribution in [0.15, 0.2) is 24.7 Å². The van der Waals surface area contributed by atoms with Gasteiger partial charge in [0, 0.05) is 49.9 Å². The SMILES string of the molecule is CCn1ccnc1[C@@H]1OCC[C@H]1CNc1cc(C)ncc1C#N. The van der Waals surface area contributed by atoms with Crippen LogP contribution in [-0.2, 0) is 11.3 Å². The Labute approximate surface area is 136 Å². The van der Waals surface area contributed by atoms with E-state index in [4.69, 9.17) is 4.74 Å². The minimum atomic E-state index is 0.00548. The molecule has 0 saturated carbocycles. The molecule has 6 nitrogen and oxygen atoms in total. The maximum atomic E-state index is 9.20. The lowest BCUT2D eigenvalue weighted by Gasteiger charge is -2.20. The number of rotatable bonds is 5. The number of aryl methyl sites for hydroxylation is 2. The minimum absolute atomic E-state index is 0.00548. The normalized spacial score (nSPS) is 20.4. The zero-order valence-corrected chi connectivity index (χ0v) is 13.5. The molecule has 0 unspecified atom stereocenters. The Morgan fingerprint density at radius 1 is 1.48 bits per heavy atom. The molecule has 1 saturated heterocycles. The summed E-state index contributed by atoms with van der Waals surface area (Å²) >= 11 is 0. The number of nitriles is 1. The summed E-state index contributed by atoms with van der Waals surface area (Å²) in [7, 11) is 0. The van der Waals surface area contributed by atoms with Crippen molar-refractivity contribution in [2.75, 3.05) is 18.5 Å². The standard InChI is InChI=1S/C17H21N5O/c1-3-22-6-5-19-17(22)16-13(4-7-23-16)10-21-15-8-12(2)20-11-14(15)9-18/h5-6,8,11,13,16H,3-4,7,10H2,1-2H3,(H,20,21)/t13-,16+/m0/s1. The second-order valence-electron chi connectivity index (χ2n) is 5.78. The Morgan fingerprint density at radius 3 is 3.13 bits per heavy atom. The van der Waals surface area contributed by atoms with Gasteiger partial charge in [-0.05, 0) is 26.3 Å². The monoisotopic (exact) mass is 311 g/mol. The van der Waals surface area contributed by atoms with Crippen molar-refractivity contribution >= 4 is 5.69 Å². The molecule has 23 heavy (non-hydrogen) atoms. The second-order valence-corrected chi connectivity index (χ2v) is 5.78. The Kier molecular flexibility index (Phi) is 4.58. The molecule has 2 atom stereocenters. The Bertz CT molecular complexity index is 718. The van der Waals surface area contributed by atoms with E-state index in [0.29, 0.717) is 11.5 Å². The van der Waals surface area contributed by atoms with E-state index in [1.54, 1.807) is 6.20 Å². The van der Waals surface area contributed by atoms with Gasteiger partial charge in [0.2, 0.25) is 0 Å². The van der Waals surface area contributed by atoms with Crippen LogP contribution in [0.5, 0.6) is 0 Å². The van der Waals surface area contributed by atoms with Crippen molar-refractivity contribution in [3.8, 4) is 6.07 Å². The van der Waals surface area contributed by atoms with Crippen LogP contribution < -0.4 is 5.32 Å². The zero-order valence-electron chi connectivity index (χ0n) is 13.5. The van der Waals surface area contributed by atoms with E-state index in [0.717, 1.165) is 43.3 Å². The molecular weight excluding hydrogens is 290 g/mol. The third-order valence-electron chi connectivity index (χ3n) is 4.27. The molecule has 2 aromatic rings. The molecule has 3 rings (SSSR count). The third kappa shape index (κ3) is 3.20. The Balaban J connectivity index is 1.73. The van der Waals surface area contributed by atoms with E-state index in [1.807, 2.05) is 25.4 Å². The van der Waals surface area contributed by atoms with Gasteiger partial charge in [-0.25, -0.2) is 4.98 Å². The molecular formula is C17H21N5O. The number of nitrogens with zero attached hydrogens (tertiary/aromatic N) is 4. The average molecular weight is 311 g/mol. The fourth-order valence-corrected chi connectivity index (χ4v) is 3.01. The number of pyridine rings is 1. The molecule has 0 bridgehead atoms. The molecule has 120 valence electrons. The van der Waals surface area contributed by atoms with Crippen molar-refractivity contribution in [2.24, 2.45) is 5.92 Å². The quantitative estimate of drug-likeness (QED) is 0.918. The second kappa shape index (κ2) is 6.80. The topological polar surface area (TPSA) is 75.8 Å². The molecule has 1 fully saturated rings. The van der Waals surface area contributed by atoms with Crippen LogP contribution in [0.4, 0.5) is 5.69 Å². The van der Waals surface area contributed by atoms with Crippen LogP contribution in [-0.4, -0.2) is 27.7 Å². The maximum Gasteiger partial charge on any atom is 0.138 e. The van der Waals surface area contributed by atoms with E-state index < -0.39 is 0 Å². The number of imidazole rings is 1. The van der Waals surface area contributed by atoms with Crippen molar-refractivity contribution < 1.29 is 4.74 Å². The highest BCUT2D eigenvalue weighted by Crippen LogP contribution is 2.34. The molecule has 6 heteroatoms. The molecule has 0 aromatic carbocycles. The molecule has 1 aliphatic heterocycles. The van der Waals surface area contributed by atoms with Gasteiger partial charge in [-0.1, -0.05) is 0 Å². The third-order valence-corrected chi connectivity index (χ3v) is 4.27. The summed E-state index contributed by atoms with van der Waals surface area (Å²) in [5.41, 5.74) is 2.30. The largest absolute Gasteiger partial charge is 0.383 e. The molecule has 0 amide bonds. The highest BCUT2D eigenvalue weighted by atomic mass is 16.5. The zero-order chi connectivity index (χ0) is 16.2. The van der Waals surface area contributed by atoms with E-state index in [1.165, 1.54) is 0 Å². The first-order chi connectivity index (χ1) is 11.2. The van der Waals surface area contributed by atoms with E-state index in [2.05, 4.69) is 32.8 Å². The van der Waals surface area contributed by atoms with Crippen LogP contribution in [0.25, 0.3) is 0 Å². The summed E-state index contributed by atoms with van der Waals surface area (Å²) in [6.45, 7) is 6.41. The first-order valence-electron chi connectivity index (χ1n) is 7.96. The van der Waals surface area contributed by atoms with Gasteiger partial charge >= 0.3 is 0 Å². The maximum absolute atomic E-state index is 9.20. The van der Waals surface area contributed by atoms with E-state index >= 15 is 0 Å². The summed E-state index contributed by atoms with van der Waals surface area (Å²) in [4.78, 5) is 8.64. The number of aromatic nitrogens is 3. The van der Waals surface area contributed by atoms with Crippen LogP contribution in [0.2, 0.25) is 0 Å². The fraction of sp³-hybridized carbons (Fsp3) is 0.471. The van der Waals surface area contributed by atoms with Crippen molar-refractivity contribution in [3.05, 3.63) is 41.7 Å². The van der Waals surface area contributed by atoms with Gasteiger partial charge in [0.15, 0.2) is 0 Å². The van der Waals surface area contributed by atoms with Gasteiger partial charge in [-0.3, -0.25) is 4.98 Å². The van der Waals surface area contributed by atoms with Crippen molar-refractivity contribution in [3.63, 3.8) is 0 Å². The molecule has 1 N–H and O–H groups in total. The first-order valence-corrected chi connectivity index (χ1v) is 7.96. The van der Waals surface area contributed by atoms with Gasteiger partial charge in [0.1, 0.15) is 18.0 Å². The number of hydrogen-bond donors (Lipinski definition) is 1. The lowest BCUT2D eigenvalue weighted by Crippen LogP contribution is -2.21. The lowest BCUT2D eigenvalue weighted by molar-refractivity contribution is 0.0832. The number of anilines is 1. The van der Waals surface area contributed by atoms with Gasteiger partial charge in [-0.15, -0.1) is 0 Å². The predicted molar refractivity (Wildman–Crippen MR) is 86.9 cm³/mol. The van der Waals surface area contributed by atoms with Crippen LogP contribution >= 0.6 is 0 Å². The highest BCUT2D eigenvalue weighted by Gasteiger charge is 2.32. The summed E-state index contributed by atoms with van der Waals surface area (Å²) in [6.07, 6.45) is 6.42. The molecule has 0 radical (unpaired) electrons. The van der Waals surface area contributed by atoms with Crippen molar-refractivity contribution in [1.29, 1.82) is 5.26 Å². The number of ether oxygens (including phenoxy) is 1. The highest BCUT2D eigenvalue weighted by molar-refractivity contribution is 5.56. The molecule has 0 spiro atoms. The number of nitrogens with one attached hydrogen (secondary N) is 1. The Hall–Kier alpha value is -2.39. The molecule has 1 aliphatic rings. The summed E-state index contributed by atoms with van der Waals surface area (Å²) in [5.74, 6) is 1.32. The van der Waals surface area contributed by atoms with Gasteiger partial charge in [0.25, 0.3) is 0 Å². The summed E-state index contributed by atoms with van der Waals surface area (Å²) < 4.78 is 8.05. The van der Waals surface area contributed by atoms with Gasteiger partial charge < -0.3 is 14.6 Å². The van der Waals surface area contributed by atoms with Gasteiger partial charge in [-0.2, -0.15) is 5.26 Å². The van der Waals surface area contributed by atoms with Crippen LogP contribution in [0.1, 0.15) is 36.5 Å². The lowest BCUT2D eigenvalue weighted by atomic mass is 10.0. The van der Waals surface area contributed by atoms with E-state index in [-0.39, 0.29) is 6.10 Å². The van der Waals surface area contributed by atoms with Crippen LogP contribution in [0, 0.1) is 24.2 Å². The van der Waals surface area contributed by atoms with Gasteiger partial charge in [0.05, 0.1) is 11.3 Å². The fourth-order valence-electron chi connectivity index (χ4n) is 3.01. The number of hydrogen-bond acceptors (Lipinski definition) is 5. The molecule has 0 aliphatic carbocycles. The molecule has 3 heterocycles. The molecule has 2 aromatic heterocycles. The minimum Gasteiger partial charge on any atom is -0.383 e. The van der Waals surface area contributed by atoms with Crippen molar-refractivity contribution in [1.82, 2.24) is 14.5 Å². The first kappa shape index (κ1) is 15.5. The summed E-state index contributed by atoms with van der Waals surface area (Å²) in [5, 5.41) is 12.6.